The minimum atomic E-state index is -0.852. The molecule has 0 saturated heterocycles. The molecule has 2 rings (SSSR count). The molecular formula is C14H20N2O2. The Bertz CT molecular complexity index is 432. The van der Waals surface area contributed by atoms with E-state index in [1.165, 1.54) is 30.4 Å². The van der Waals surface area contributed by atoms with Gasteiger partial charge in [0.2, 0.25) is 0 Å². The molecule has 1 aromatic carbocycles. The lowest BCUT2D eigenvalue weighted by atomic mass is 9.91. The molecule has 0 saturated carbocycles. The number of nitrogens with one attached hydrogen (secondary N) is 1. The van der Waals surface area contributed by atoms with Crippen molar-refractivity contribution in [3.8, 4) is 0 Å². The number of aryl methyl sites for hydroxylation is 2. The van der Waals surface area contributed by atoms with Crippen molar-refractivity contribution in [3.05, 3.63) is 29.3 Å². The van der Waals surface area contributed by atoms with E-state index in [-0.39, 0.29) is 12.5 Å². The summed E-state index contributed by atoms with van der Waals surface area (Å²) in [5.74, 6) is -0.852. The van der Waals surface area contributed by atoms with Crippen molar-refractivity contribution in [3.63, 3.8) is 0 Å². The third-order valence-corrected chi connectivity index (χ3v) is 3.35. The van der Waals surface area contributed by atoms with Crippen molar-refractivity contribution in [2.45, 2.75) is 38.1 Å². The molecule has 0 bridgehead atoms. The van der Waals surface area contributed by atoms with Crippen molar-refractivity contribution < 1.29 is 9.90 Å². The van der Waals surface area contributed by atoms with E-state index < -0.39 is 5.97 Å². The van der Waals surface area contributed by atoms with Gasteiger partial charge in [-0.1, -0.05) is 6.07 Å². The fourth-order valence-electron chi connectivity index (χ4n) is 2.39. The van der Waals surface area contributed by atoms with E-state index in [0.717, 1.165) is 12.1 Å². The minimum Gasteiger partial charge on any atom is -0.481 e. The third-order valence-electron chi connectivity index (χ3n) is 3.35. The van der Waals surface area contributed by atoms with Gasteiger partial charge in [0.1, 0.15) is 0 Å². The van der Waals surface area contributed by atoms with Crippen LogP contribution in [0.5, 0.6) is 0 Å². The number of carbonyl (C=O) groups is 1. The number of hydrogen-bond donors (Lipinski definition) is 3. The topological polar surface area (TPSA) is 75.3 Å². The van der Waals surface area contributed by atoms with Crippen LogP contribution in [0.4, 0.5) is 5.69 Å². The smallest absolute Gasteiger partial charge is 0.304 e. The molecule has 4 nitrogen and oxygen atoms in total. The first-order chi connectivity index (χ1) is 8.65. The highest BCUT2D eigenvalue weighted by Gasteiger charge is 2.11. The first kappa shape index (κ1) is 12.9. The number of aliphatic carboxylic acids is 1. The number of hydrogen-bond acceptors (Lipinski definition) is 3. The van der Waals surface area contributed by atoms with Crippen LogP contribution in [-0.4, -0.2) is 23.7 Å². The Morgan fingerprint density at radius 2 is 2.06 bits per heavy atom. The summed E-state index contributed by atoms with van der Waals surface area (Å²) in [7, 11) is 0. The molecule has 18 heavy (non-hydrogen) atoms. The zero-order chi connectivity index (χ0) is 13.0. The minimum absolute atomic E-state index is 0.00204. The number of benzene rings is 1. The fraction of sp³-hybridized carbons (Fsp3) is 0.500. The van der Waals surface area contributed by atoms with Gasteiger partial charge in [-0.25, -0.2) is 0 Å². The average molecular weight is 248 g/mol. The maximum Gasteiger partial charge on any atom is 0.304 e. The third kappa shape index (κ3) is 3.47. The number of rotatable bonds is 5. The molecule has 1 aliphatic rings. The Labute approximate surface area is 107 Å². The highest BCUT2D eigenvalue weighted by molar-refractivity contribution is 5.67. The molecule has 1 aliphatic carbocycles. The number of carboxylic acid groups (broad SMARTS) is 1. The molecule has 4 heteroatoms. The Morgan fingerprint density at radius 1 is 1.33 bits per heavy atom. The second-order valence-electron chi connectivity index (χ2n) is 4.93. The molecule has 1 unspecified atom stereocenters. The van der Waals surface area contributed by atoms with Gasteiger partial charge in [-0.2, -0.15) is 0 Å². The molecule has 0 spiro atoms. The van der Waals surface area contributed by atoms with Crippen LogP contribution in [0.2, 0.25) is 0 Å². The molecule has 0 aliphatic heterocycles. The Hall–Kier alpha value is -1.55. The molecule has 1 atom stereocenters. The second kappa shape index (κ2) is 5.87. The van der Waals surface area contributed by atoms with Gasteiger partial charge in [0.15, 0.2) is 0 Å². The van der Waals surface area contributed by atoms with E-state index in [1.807, 2.05) is 0 Å². The molecule has 4 N–H and O–H groups in total. The number of fused-ring (bicyclic) bond motifs is 1. The zero-order valence-electron chi connectivity index (χ0n) is 10.5. The summed E-state index contributed by atoms with van der Waals surface area (Å²) in [5.41, 5.74) is 9.62. The van der Waals surface area contributed by atoms with Crippen molar-refractivity contribution in [1.82, 2.24) is 0 Å². The molecular weight excluding hydrogens is 228 g/mol. The molecule has 0 fully saturated rings. The van der Waals surface area contributed by atoms with Crippen LogP contribution >= 0.6 is 0 Å². The van der Waals surface area contributed by atoms with Gasteiger partial charge in [0.05, 0.1) is 6.42 Å². The van der Waals surface area contributed by atoms with Crippen LogP contribution in [-0.2, 0) is 17.6 Å². The number of nitrogens with two attached hydrogens (primary N) is 1. The highest BCUT2D eigenvalue weighted by Crippen LogP contribution is 2.24. The van der Waals surface area contributed by atoms with Crippen LogP contribution in [0, 0.1) is 0 Å². The molecule has 98 valence electrons. The van der Waals surface area contributed by atoms with Crippen LogP contribution in [0.3, 0.4) is 0 Å². The van der Waals surface area contributed by atoms with Gasteiger partial charge in [-0.05, 0) is 48.9 Å². The largest absolute Gasteiger partial charge is 0.481 e. The normalized spacial score (nSPS) is 15.8. The molecule has 1 aromatic rings. The quantitative estimate of drug-likeness (QED) is 0.742. The van der Waals surface area contributed by atoms with Gasteiger partial charge in [0.25, 0.3) is 0 Å². The maximum atomic E-state index is 10.5. The molecule has 0 radical (unpaired) electrons. The van der Waals surface area contributed by atoms with Crippen molar-refractivity contribution >= 4 is 11.7 Å². The second-order valence-corrected chi connectivity index (χ2v) is 4.93. The van der Waals surface area contributed by atoms with Crippen LogP contribution in [0.15, 0.2) is 18.2 Å². The van der Waals surface area contributed by atoms with E-state index in [4.69, 9.17) is 10.8 Å². The lowest BCUT2D eigenvalue weighted by Crippen LogP contribution is -2.31. The number of carboxylic acids is 1. The first-order valence-corrected chi connectivity index (χ1v) is 6.48. The summed E-state index contributed by atoms with van der Waals surface area (Å²) in [5, 5.41) is 11.8. The Morgan fingerprint density at radius 3 is 2.78 bits per heavy atom. The summed E-state index contributed by atoms with van der Waals surface area (Å²) in [6.45, 7) is 0.491. The molecule has 0 aromatic heterocycles. The monoisotopic (exact) mass is 248 g/mol. The Balaban J connectivity index is 1.91. The summed E-state index contributed by atoms with van der Waals surface area (Å²) in [6.07, 6.45) is 4.86. The van der Waals surface area contributed by atoms with Crippen LogP contribution in [0.1, 0.15) is 30.4 Å². The zero-order valence-corrected chi connectivity index (χ0v) is 10.5. The molecule has 0 heterocycles. The Kier molecular flexibility index (Phi) is 4.20. The first-order valence-electron chi connectivity index (χ1n) is 6.48. The van der Waals surface area contributed by atoms with Crippen molar-refractivity contribution in [1.29, 1.82) is 0 Å². The number of anilines is 1. The van der Waals surface area contributed by atoms with Crippen LogP contribution < -0.4 is 11.1 Å². The van der Waals surface area contributed by atoms with Crippen molar-refractivity contribution in [2.75, 3.05) is 11.9 Å². The van der Waals surface area contributed by atoms with Crippen molar-refractivity contribution in [2.24, 2.45) is 5.73 Å². The maximum absolute atomic E-state index is 10.5. The van der Waals surface area contributed by atoms with E-state index in [9.17, 15) is 4.79 Å². The lowest BCUT2D eigenvalue weighted by molar-refractivity contribution is -0.137. The van der Waals surface area contributed by atoms with E-state index in [0.29, 0.717) is 6.54 Å². The molecule has 0 amide bonds. The highest BCUT2D eigenvalue weighted by atomic mass is 16.4. The van der Waals surface area contributed by atoms with Gasteiger partial charge in [-0.3, -0.25) is 4.79 Å². The summed E-state index contributed by atoms with van der Waals surface area (Å²) in [6, 6.07) is 6.04. The van der Waals surface area contributed by atoms with Crippen LogP contribution in [0.25, 0.3) is 0 Å². The summed E-state index contributed by atoms with van der Waals surface area (Å²) >= 11 is 0. The van der Waals surface area contributed by atoms with E-state index in [1.54, 1.807) is 0 Å². The van der Waals surface area contributed by atoms with E-state index >= 15 is 0 Å². The average Bonchev–Trinajstić information content (AvgIpc) is 2.35. The predicted molar refractivity (Wildman–Crippen MR) is 71.8 cm³/mol. The van der Waals surface area contributed by atoms with Gasteiger partial charge >= 0.3 is 5.97 Å². The summed E-state index contributed by atoms with van der Waals surface area (Å²) < 4.78 is 0. The fourth-order valence-corrected chi connectivity index (χ4v) is 2.39. The van der Waals surface area contributed by atoms with Gasteiger partial charge in [0, 0.05) is 18.3 Å². The summed E-state index contributed by atoms with van der Waals surface area (Å²) in [4.78, 5) is 10.5. The van der Waals surface area contributed by atoms with Gasteiger partial charge < -0.3 is 16.2 Å². The van der Waals surface area contributed by atoms with E-state index in [2.05, 4.69) is 23.5 Å². The SMILES string of the molecule is NC(CNc1ccc2c(c1)CCCC2)CC(=O)O. The lowest BCUT2D eigenvalue weighted by Gasteiger charge is -2.18. The standard InChI is InChI=1S/C14H20N2O2/c15-12(8-14(17)18)9-16-13-6-5-10-3-1-2-4-11(10)7-13/h5-7,12,16H,1-4,8-9,15H2,(H,17,18). The van der Waals surface area contributed by atoms with Gasteiger partial charge in [-0.15, -0.1) is 0 Å². The predicted octanol–water partition coefficient (Wildman–Crippen LogP) is 1.78.